The van der Waals surface area contributed by atoms with Gasteiger partial charge in [-0.3, -0.25) is 9.48 Å². The third-order valence-electron chi connectivity index (χ3n) is 2.19. The van der Waals surface area contributed by atoms with Crippen LogP contribution in [0.15, 0.2) is 12.3 Å². The third-order valence-corrected chi connectivity index (χ3v) is 2.19. The van der Waals surface area contributed by atoms with Crippen molar-refractivity contribution in [3.05, 3.63) is 18.0 Å². The van der Waals surface area contributed by atoms with Crippen LogP contribution in [0.25, 0.3) is 0 Å². The molecule has 1 heterocycles. The van der Waals surface area contributed by atoms with Gasteiger partial charge in [0.2, 0.25) is 0 Å². The molecule has 0 aliphatic carbocycles. The van der Waals surface area contributed by atoms with Crippen LogP contribution in [-0.4, -0.2) is 28.4 Å². The van der Waals surface area contributed by atoms with Crippen LogP contribution < -0.4 is 5.73 Å². The van der Waals surface area contributed by atoms with Crippen molar-refractivity contribution in [3.8, 4) is 0 Å². The maximum atomic E-state index is 12.3. The number of hydrogen-bond acceptors (Lipinski definition) is 4. The summed E-state index contributed by atoms with van der Waals surface area (Å²) in [5, 5.41) is 3.34. The number of alkyl halides is 3. The number of carbonyl (C=O) groups is 1. The smallest absolute Gasteiger partial charge is 0.435 e. The zero-order valence-corrected chi connectivity index (χ0v) is 9.78. The van der Waals surface area contributed by atoms with Crippen molar-refractivity contribution in [1.29, 1.82) is 0 Å². The number of hydrogen-bond donors (Lipinski definition) is 1. The Balaban J connectivity index is 2.49. The number of halogens is 3. The molecule has 8 heteroatoms. The van der Waals surface area contributed by atoms with Crippen LogP contribution >= 0.6 is 0 Å². The van der Waals surface area contributed by atoms with Crippen molar-refractivity contribution in [2.45, 2.75) is 32.1 Å². The largest absolute Gasteiger partial charge is 0.465 e. The summed E-state index contributed by atoms with van der Waals surface area (Å²) in [6.45, 7) is 1.98. The lowest BCUT2D eigenvalue weighted by Gasteiger charge is -2.10. The molecule has 1 rings (SSSR count). The topological polar surface area (TPSA) is 70.1 Å². The summed E-state index contributed by atoms with van der Waals surface area (Å²) in [6.07, 6.45) is -3.10. The molecule has 102 valence electrons. The highest BCUT2D eigenvalue weighted by molar-refractivity contribution is 5.75. The molecule has 1 aromatic heterocycles. The lowest BCUT2D eigenvalue weighted by atomic mass is 10.2. The van der Waals surface area contributed by atoms with E-state index in [2.05, 4.69) is 9.84 Å². The Morgan fingerprint density at radius 1 is 1.61 bits per heavy atom. The normalized spacial score (nSPS) is 13.4. The first kappa shape index (κ1) is 14.5. The molecule has 0 fully saturated rings. The molecule has 1 atom stereocenters. The van der Waals surface area contributed by atoms with Crippen molar-refractivity contribution < 1.29 is 22.7 Å². The van der Waals surface area contributed by atoms with Gasteiger partial charge in [-0.15, -0.1) is 0 Å². The van der Waals surface area contributed by atoms with Crippen LogP contribution in [0.4, 0.5) is 13.2 Å². The molecule has 0 aliphatic heterocycles. The quantitative estimate of drug-likeness (QED) is 0.812. The van der Waals surface area contributed by atoms with E-state index in [1.165, 1.54) is 6.20 Å². The number of aryl methyl sites for hydroxylation is 1. The molecule has 0 aliphatic rings. The summed E-state index contributed by atoms with van der Waals surface area (Å²) in [7, 11) is 0. The summed E-state index contributed by atoms with van der Waals surface area (Å²) >= 11 is 0. The van der Waals surface area contributed by atoms with E-state index in [-0.39, 0.29) is 19.6 Å². The molecule has 0 saturated heterocycles. The second kappa shape index (κ2) is 5.85. The van der Waals surface area contributed by atoms with Gasteiger partial charge in [-0.05, 0) is 19.4 Å². The number of nitrogens with two attached hydrogens (primary N) is 1. The van der Waals surface area contributed by atoms with E-state index in [0.717, 1.165) is 10.7 Å². The van der Waals surface area contributed by atoms with E-state index >= 15 is 0 Å². The maximum Gasteiger partial charge on any atom is 0.435 e. The van der Waals surface area contributed by atoms with Gasteiger partial charge < -0.3 is 10.5 Å². The molecular formula is C10H14F3N3O2. The monoisotopic (exact) mass is 265 g/mol. The van der Waals surface area contributed by atoms with E-state index in [1.807, 2.05) is 0 Å². The molecule has 0 bridgehead atoms. The van der Waals surface area contributed by atoms with Gasteiger partial charge in [-0.25, -0.2) is 0 Å². The van der Waals surface area contributed by atoms with Crippen LogP contribution in [-0.2, 0) is 22.3 Å². The molecule has 0 radical (unpaired) electrons. The van der Waals surface area contributed by atoms with Gasteiger partial charge in [0.25, 0.3) is 0 Å². The van der Waals surface area contributed by atoms with E-state index < -0.39 is 23.9 Å². The zero-order valence-electron chi connectivity index (χ0n) is 9.78. The maximum absolute atomic E-state index is 12.3. The van der Waals surface area contributed by atoms with Gasteiger partial charge in [-0.1, -0.05) is 0 Å². The third kappa shape index (κ3) is 4.02. The standard InChI is InChI=1S/C10H14F3N3O2/c1-2-18-9(17)7(14)3-5-16-6-4-8(15-16)10(11,12)13/h4,6-7H,2-3,5,14H2,1H3. The Bertz CT molecular complexity index is 403. The van der Waals surface area contributed by atoms with Crippen LogP contribution in [0.5, 0.6) is 0 Å². The van der Waals surface area contributed by atoms with Crippen LogP contribution in [0.1, 0.15) is 19.0 Å². The number of nitrogens with zero attached hydrogens (tertiary/aromatic N) is 2. The van der Waals surface area contributed by atoms with Crippen molar-refractivity contribution in [2.75, 3.05) is 6.61 Å². The minimum atomic E-state index is -4.46. The summed E-state index contributed by atoms with van der Waals surface area (Å²) in [6, 6.07) is 0.0130. The highest BCUT2D eigenvalue weighted by Gasteiger charge is 2.33. The molecule has 1 aromatic rings. The predicted octanol–water partition coefficient (Wildman–Crippen LogP) is 1.18. The summed E-state index contributed by atoms with van der Waals surface area (Å²) in [4.78, 5) is 11.2. The molecule has 0 spiro atoms. The first-order valence-electron chi connectivity index (χ1n) is 5.37. The van der Waals surface area contributed by atoms with Gasteiger partial charge in [0, 0.05) is 12.7 Å². The Hall–Kier alpha value is -1.57. The number of carbonyl (C=O) groups excluding carboxylic acids is 1. The average Bonchev–Trinajstić information content (AvgIpc) is 2.74. The van der Waals surface area contributed by atoms with Crippen LogP contribution in [0.3, 0.4) is 0 Å². The van der Waals surface area contributed by atoms with Crippen molar-refractivity contribution >= 4 is 5.97 Å². The van der Waals surface area contributed by atoms with Gasteiger partial charge in [-0.2, -0.15) is 18.3 Å². The fourth-order valence-electron chi connectivity index (χ4n) is 1.28. The molecule has 0 aromatic carbocycles. The molecule has 2 N–H and O–H groups in total. The molecule has 18 heavy (non-hydrogen) atoms. The Labute approximate surface area is 102 Å². The predicted molar refractivity (Wildman–Crippen MR) is 56.5 cm³/mol. The number of rotatable bonds is 5. The van der Waals surface area contributed by atoms with E-state index in [0.29, 0.717) is 0 Å². The Morgan fingerprint density at radius 3 is 2.78 bits per heavy atom. The van der Waals surface area contributed by atoms with Crippen molar-refractivity contribution in [1.82, 2.24) is 9.78 Å². The second-order valence-corrected chi connectivity index (χ2v) is 3.61. The van der Waals surface area contributed by atoms with Gasteiger partial charge in [0.1, 0.15) is 6.04 Å². The molecule has 1 unspecified atom stereocenters. The van der Waals surface area contributed by atoms with Gasteiger partial charge >= 0.3 is 12.1 Å². The second-order valence-electron chi connectivity index (χ2n) is 3.61. The van der Waals surface area contributed by atoms with E-state index in [1.54, 1.807) is 6.92 Å². The molecule has 0 amide bonds. The summed E-state index contributed by atoms with van der Waals surface area (Å²) in [5.41, 5.74) is 4.54. The lowest BCUT2D eigenvalue weighted by molar-refractivity contribution is -0.145. The first-order valence-corrected chi connectivity index (χ1v) is 5.37. The summed E-state index contributed by atoms with van der Waals surface area (Å²) < 4.78 is 42.5. The zero-order chi connectivity index (χ0) is 13.8. The molecule has 5 nitrogen and oxygen atoms in total. The Kier molecular flexibility index (Phi) is 4.71. The average molecular weight is 265 g/mol. The van der Waals surface area contributed by atoms with Crippen LogP contribution in [0.2, 0.25) is 0 Å². The fraction of sp³-hybridized carbons (Fsp3) is 0.600. The van der Waals surface area contributed by atoms with Gasteiger partial charge in [0.15, 0.2) is 5.69 Å². The van der Waals surface area contributed by atoms with Crippen LogP contribution in [0, 0.1) is 0 Å². The highest BCUT2D eigenvalue weighted by atomic mass is 19.4. The fourth-order valence-corrected chi connectivity index (χ4v) is 1.28. The van der Waals surface area contributed by atoms with E-state index in [4.69, 9.17) is 5.73 Å². The number of ether oxygens (including phenoxy) is 1. The number of aromatic nitrogens is 2. The summed E-state index contributed by atoms with van der Waals surface area (Å²) in [5.74, 6) is -0.569. The van der Waals surface area contributed by atoms with Crippen molar-refractivity contribution in [2.24, 2.45) is 5.73 Å². The highest BCUT2D eigenvalue weighted by Crippen LogP contribution is 2.27. The molecule has 0 saturated carbocycles. The SMILES string of the molecule is CCOC(=O)C(N)CCn1ccc(C(F)(F)F)n1. The van der Waals surface area contributed by atoms with Crippen molar-refractivity contribution in [3.63, 3.8) is 0 Å². The minimum Gasteiger partial charge on any atom is -0.465 e. The lowest BCUT2D eigenvalue weighted by Crippen LogP contribution is -2.33. The molecular weight excluding hydrogens is 251 g/mol. The first-order chi connectivity index (χ1) is 8.34. The van der Waals surface area contributed by atoms with E-state index in [9.17, 15) is 18.0 Å². The number of esters is 1. The minimum absolute atomic E-state index is 0.121. The Morgan fingerprint density at radius 2 is 2.28 bits per heavy atom. The van der Waals surface area contributed by atoms with Gasteiger partial charge in [0.05, 0.1) is 6.61 Å².